The first kappa shape index (κ1) is 19.2. The number of halogens is 4. The summed E-state index contributed by atoms with van der Waals surface area (Å²) in [4.78, 5) is 34.4. The van der Waals surface area contributed by atoms with Crippen LogP contribution in [-0.4, -0.2) is 33.9 Å². The summed E-state index contributed by atoms with van der Waals surface area (Å²) >= 11 is 10.7. The second-order valence-corrected chi connectivity index (χ2v) is 7.28. The van der Waals surface area contributed by atoms with E-state index in [1.165, 1.54) is 0 Å². The van der Waals surface area contributed by atoms with Crippen LogP contribution < -0.4 is 5.32 Å². The monoisotopic (exact) mass is 649 g/mol. The number of carbonyl (C=O) groups excluding carboxylic acids is 1. The van der Waals surface area contributed by atoms with Gasteiger partial charge in [-0.2, -0.15) is 0 Å². The molecule has 0 saturated carbocycles. The molecule has 1 aromatic rings. The van der Waals surface area contributed by atoms with E-state index in [0.29, 0.717) is 0 Å². The Labute approximate surface area is 165 Å². The average Bonchev–Trinajstić information content (AvgIpc) is 2.33. The molecule has 0 bridgehead atoms. The third-order valence-corrected chi connectivity index (χ3v) is 5.76. The van der Waals surface area contributed by atoms with Gasteiger partial charge in [0.2, 0.25) is 5.91 Å². The smallest absolute Gasteiger partial charge is 0.337 e. The van der Waals surface area contributed by atoms with Crippen LogP contribution in [0.5, 0.6) is 0 Å². The molecule has 0 atom stereocenters. The summed E-state index contributed by atoms with van der Waals surface area (Å²) in [6, 6.07) is 0. The summed E-state index contributed by atoms with van der Waals surface area (Å²) in [5, 5.41) is 21.1. The molecule has 0 aliphatic carbocycles. The van der Waals surface area contributed by atoms with E-state index in [1.54, 1.807) is 67.8 Å². The first-order valence-electron chi connectivity index (χ1n) is 5.25. The van der Waals surface area contributed by atoms with Gasteiger partial charge in [-0.05, 0) is 67.8 Å². The first-order valence-corrected chi connectivity index (χ1v) is 9.02. The van der Waals surface area contributed by atoms with Gasteiger partial charge in [0.05, 0.1) is 24.0 Å². The van der Waals surface area contributed by atoms with Crippen LogP contribution in [0.15, 0.2) is 0 Å². The van der Waals surface area contributed by atoms with Gasteiger partial charge in [0, 0.05) is 15.9 Å². The second kappa shape index (κ2) is 8.10. The predicted octanol–water partition coefficient (Wildman–Crippen LogP) is 3.46. The van der Waals surface area contributed by atoms with E-state index >= 15 is 0 Å². The molecule has 0 saturated heterocycles. The molecule has 0 unspecified atom stereocenters. The molecule has 0 radical (unpaired) electrons. The van der Waals surface area contributed by atoms with Crippen molar-refractivity contribution in [3.8, 4) is 0 Å². The summed E-state index contributed by atoms with van der Waals surface area (Å²) in [5.41, 5.74) is -0.105. The number of aromatic carboxylic acids is 2. The van der Waals surface area contributed by atoms with Crippen LogP contribution in [0.25, 0.3) is 0 Å². The average molecular weight is 649 g/mol. The third kappa shape index (κ3) is 4.31. The predicted molar refractivity (Wildman–Crippen MR) is 102 cm³/mol. The number of nitrogens with one attached hydrogen (secondary N) is 1. The van der Waals surface area contributed by atoms with Gasteiger partial charge in [0.1, 0.15) is 0 Å². The van der Waals surface area contributed by atoms with Crippen LogP contribution in [0.4, 0.5) is 5.69 Å². The zero-order valence-corrected chi connectivity index (χ0v) is 17.3. The first-order chi connectivity index (χ1) is 9.72. The molecule has 21 heavy (non-hydrogen) atoms. The maximum absolute atomic E-state index is 11.7. The van der Waals surface area contributed by atoms with E-state index in [-0.39, 0.29) is 39.8 Å². The van der Waals surface area contributed by atoms with Crippen molar-refractivity contribution in [3.05, 3.63) is 21.8 Å². The third-order valence-electron chi connectivity index (χ3n) is 2.33. The number of alkyl halides is 1. The van der Waals surface area contributed by atoms with Crippen LogP contribution in [0.1, 0.15) is 27.1 Å². The van der Waals surface area contributed by atoms with Crippen LogP contribution in [0, 0.1) is 10.7 Å². The summed E-state index contributed by atoms with van der Waals surface area (Å²) < 4.78 is 0.681. The molecule has 10 heteroatoms. The molecule has 3 N–H and O–H groups in total. The van der Waals surface area contributed by atoms with E-state index in [4.69, 9.17) is 11.6 Å². The molecule has 1 rings (SSSR count). The number of amides is 1. The van der Waals surface area contributed by atoms with Crippen LogP contribution in [0.2, 0.25) is 0 Å². The fourth-order valence-electron chi connectivity index (χ4n) is 1.44. The Morgan fingerprint density at radius 3 is 1.71 bits per heavy atom. The number of hydrogen-bond donors (Lipinski definition) is 3. The van der Waals surface area contributed by atoms with Crippen LogP contribution >= 0.6 is 79.4 Å². The lowest BCUT2D eigenvalue weighted by Gasteiger charge is -2.16. The molecule has 114 valence electrons. The SMILES string of the molecule is O=C(CCCl)Nc1c(I)c(C(=O)O)c(I)c(C(=O)O)c1I. The maximum atomic E-state index is 11.7. The highest BCUT2D eigenvalue weighted by atomic mass is 127. The van der Waals surface area contributed by atoms with E-state index < -0.39 is 17.8 Å². The molecule has 1 amide bonds. The molecule has 6 nitrogen and oxygen atoms in total. The van der Waals surface area contributed by atoms with Crippen molar-refractivity contribution < 1.29 is 24.6 Å². The fourth-order valence-corrected chi connectivity index (χ4v) is 5.97. The number of anilines is 1. The Morgan fingerprint density at radius 2 is 1.38 bits per heavy atom. The van der Waals surface area contributed by atoms with E-state index in [1.807, 2.05) is 0 Å². The van der Waals surface area contributed by atoms with Crippen molar-refractivity contribution >= 4 is 103 Å². The number of carboxylic acid groups (broad SMARTS) is 2. The van der Waals surface area contributed by atoms with Gasteiger partial charge in [0.15, 0.2) is 0 Å². The van der Waals surface area contributed by atoms with Gasteiger partial charge in [-0.25, -0.2) is 9.59 Å². The number of benzene rings is 1. The molecule has 0 aliphatic rings. The lowest BCUT2D eigenvalue weighted by molar-refractivity contribution is -0.115. The Morgan fingerprint density at radius 1 is 0.952 bits per heavy atom. The highest BCUT2D eigenvalue weighted by Gasteiger charge is 2.28. The molecule has 0 fully saturated rings. The van der Waals surface area contributed by atoms with Crippen LogP contribution in [0.3, 0.4) is 0 Å². The minimum absolute atomic E-state index is 0.0461. The van der Waals surface area contributed by atoms with Crippen molar-refractivity contribution in [2.45, 2.75) is 6.42 Å². The van der Waals surface area contributed by atoms with Gasteiger partial charge >= 0.3 is 11.9 Å². The molecule has 0 aromatic heterocycles. The zero-order chi connectivity index (χ0) is 16.3. The Hall–Kier alpha value is 0.110. The minimum atomic E-state index is -1.25. The second-order valence-electron chi connectivity index (χ2n) is 3.66. The quantitative estimate of drug-likeness (QED) is 0.335. The fraction of sp³-hybridized carbons (Fsp3) is 0.182. The summed E-state index contributed by atoms with van der Waals surface area (Å²) in [5.74, 6) is -2.80. The standard InChI is InChI=1S/C11H7ClI3NO5/c12-2-1-3(17)16-9-7(14)4(10(18)19)6(13)5(8(9)15)11(20)21/h1-2H2,(H,16,17)(H,18,19)(H,20,21). The van der Waals surface area contributed by atoms with Gasteiger partial charge < -0.3 is 15.5 Å². The van der Waals surface area contributed by atoms with Gasteiger partial charge in [-0.15, -0.1) is 11.6 Å². The molecule has 0 spiro atoms. The van der Waals surface area contributed by atoms with Gasteiger partial charge in [-0.1, -0.05) is 0 Å². The number of carboxylic acids is 2. The molecular formula is C11H7ClI3NO5. The normalized spacial score (nSPS) is 10.3. The highest BCUT2D eigenvalue weighted by molar-refractivity contribution is 14.1. The Balaban J connectivity index is 3.60. The highest BCUT2D eigenvalue weighted by Crippen LogP contribution is 2.35. The topological polar surface area (TPSA) is 104 Å². The van der Waals surface area contributed by atoms with Crippen molar-refractivity contribution in [1.29, 1.82) is 0 Å². The van der Waals surface area contributed by atoms with Crippen molar-refractivity contribution in [2.24, 2.45) is 0 Å². The van der Waals surface area contributed by atoms with Crippen LogP contribution in [-0.2, 0) is 4.79 Å². The maximum Gasteiger partial charge on any atom is 0.337 e. The number of rotatable bonds is 5. The minimum Gasteiger partial charge on any atom is -0.478 e. The van der Waals surface area contributed by atoms with E-state index in [0.717, 1.165) is 0 Å². The Bertz CT molecular complexity index is 594. The lowest BCUT2D eigenvalue weighted by Crippen LogP contribution is -2.19. The molecule has 0 heterocycles. The van der Waals surface area contributed by atoms with Crippen molar-refractivity contribution in [3.63, 3.8) is 0 Å². The number of hydrogen-bond acceptors (Lipinski definition) is 3. The van der Waals surface area contributed by atoms with E-state index in [9.17, 15) is 24.6 Å². The van der Waals surface area contributed by atoms with Gasteiger partial charge in [0.25, 0.3) is 0 Å². The Kier molecular flexibility index (Phi) is 7.39. The molecule has 1 aromatic carbocycles. The molecule has 0 aliphatic heterocycles. The summed E-state index contributed by atoms with van der Waals surface area (Å²) in [7, 11) is 0. The summed E-state index contributed by atoms with van der Waals surface area (Å²) in [6.07, 6.45) is 0.0461. The summed E-state index contributed by atoms with van der Waals surface area (Å²) in [6.45, 7) is 0. The van der Waals surface area contributed by atoms with E-state index in [2.05, 4.69) is 5.32 Å². The molecular weight excluding hydrogens is 642 g/mol. The van der Waals surface area contributed by atoms with Crippen molar-refractivity contribution in [2.75, 3.05) is 11.2 Å². The van der Waals surface area contributed by atoms with Gasteiger partial charge in [-0.3, -0.25) is 4.79 Å². The van der Waals surface area contributed by atoms with Crippen molar-refractivity contribution in [1.82, 2.24) is 0 Å². The number of carbonyl (C=O) groups is 3. The lowest BCUT2D eigenvalue weighted by atomic mass is 10.1. The largest absolute Gasteiger partial charge is 0.478 e. The zero-order valence-electron chi connectivity index (χ0n) is 10.0.